The monoisotopic (exact) mass is 876 g/mol. The van der Waals surface area contributed by atoms with Gasteiger partial charge in [-0.15, -0.1) is 29.5 Å². The fourth-order valence-electron chi connectivity index (χ4n) is 5.43. The number of rotatable bonds is 3. The van der Waals surface area contributed by atoms with Crippen LogP contribution in [-0.4, -0.2) is 37.1 Å². The van der Waals surface area contributed by atoms with Crippen LogP contribution in [-0.2, 0) is 21.0 Å². The number of benzene rings is 1. The minimum Gasteiger partial charge on any atom is -0.381 e. The normalized spacial score (nSPS) is 14.4. The van der Waals surface area contributed by atoms with Gasteiger partial charge in [0.1, 0.15) is 0 Å². The smallest absolute Gasteiger partial charge is 0.0495 e. The van der Waals surface area contributed by atoms with Gasteiger partial charge < -0.3 is 17.8 Å². The molecular formula is C41H78LuOPSi3-3. The molecule has 1 nitrogen and oxygen atoms in total. The summed E-state index contributed by atoms with van der Waals surface area (Å²) in [4.78, 5) is 0. The molecule has 1 aliphatic heterocycles. The minimum absolute atomic E-state index is 0. The van der Waals surface area contributed by atoms with Gasteiger partial charge in [-0.1, -0.05) is 155 Å². The van der Waals surface area contributed by atoms with Crippen molar-refractivity contribution in [2.45, 2.75) is 171 Å². The van der Waals surface area contributed by atoms with E-state index in [1.165, 1.54) is 29.5 Å². The second-order valence-corrected chi connectivity index (χ2v) is 39.0. The fraction of sp³-hybridized carbons (Fsp3) is 0.683. The van der Waals surface area contributed by atoms with Crippen molar-refractivity contribution in [1.82, 2.24) is 0 Å². The predicted octanol–water partition coefficient (Wildman–Crippen LogP) is 12.1. The minimum atomic E-state index is -1.68. The van der Waals surface area contributed by atoms with Gasteiger partial charge in [-0.25, -0.2) is 0 Å². The molecule has 0 aliphatic carbocycles. The predicted molar refractivity (Wildman–Crippen MR) is 226 cm³/mol. The first-order valence-electron chi connectivity index (χ1n) is 17.7. The zero-order valence-electron chi connectivity index (χ0n) is 35.1. The molecule has 1 atom stereocenters. The maximum atomic E-state index is 4.94. The van der Waals surface area contributed by atoms with Crippen LogP contribution in [0.5, 0.6) is 0 Å². The molecule has 0 amide bonds. The molecule has 1 fully saturated rings. The van der Waals surface area contributed by atoms with Crippen molar-refractivity contribution < 1.29 is 41.6 Å². The fourth-order valence-corrected chi connectivity index (χ4v) is 13.8. The molecule has 1 unspecified atom stereocenters. The summed E-state index contributed by atoms with van der Waals surface area (Å²) in [6, 6.07) is 5.09. The summed E-state index contributed by atoms with van der Waals surface area (Å²) < 4.78 is 4.94. The van der Waals surface area contributed by atoms with E-state index in [9.17, 15) is 0 Å². The summed E-state index contributed by atoms with van der Waals surface area (Å²) in [6.07, 6.45) is 2.56. The number of hydrogen-bond acceptors (Lipinski definition) is 1. The summed E-state index contributed by atoms with van der Waals surface area (Å²) in [5.74, 6) is 0. The Kier molecular flexibility index (Phi) is 20.3. The summed E-state index contributed by atoms with van der Waals surface area (Å²) in [7, 11) is -2.52. The first kappa shape index (κ1) is 50.0. The van der Waals surface area contributed by atoms with Crippen molar-refractivity contribution in [2.24, 2.45) is 0 Å². The van der Waals surface area contributed by atoms with Gasteiger partial charge in [0.15, 0.2) is 0 Å². The Labute approximate surface area is 330 Å². The van der Waals surface area contributed by atoms with Crippen LogP contribution in [0.25, 0.3) is 0 Å². The van der Waals surface area contributed by atoms with E-state index >= 15 is 0 Å². The summed E-state index contributed by atoms with van der Waals surface area (Å²) in [5, 5.41) is 3.36. The van der Waals surface area contributed by atoms with Crippen LogP contribution < -0.4 is 10.5 Å². The first-order chi connectivity index (χ1) is 20.2. The molecule has 0 saturated carbocycles. The average molecular weight is 877 g/mol. The standard InChI is InChI=1S/C29H48PSi.C4H8O.2C4H11Si.Lu/c1-18-19(2)21(4)26(20(18)3)31(14,15)30-25-23(28(8,9)10)16-22(27(5,6)7)17-24(25)29(11,12)13;1-2-4-5-3-1;2*1-5(2,3)4;/h16-17,30H,1-15H3;1-4H2;2*1H2,2-4H3;/q-1;;2*-1;. The van der Waals surface area contributed by atoms with E-state index in [0.717, 1.165) is 21.3 Å². The molecule has 1 heterocycles. The summed E-state index contributed by atoms with van der Waals surface area (Å²) >= 11 is 0. The molecule has 0 spiro atoms. The van der Waals surface area contributed by atoms with Crippen molar-refractivity contribution >= 4 is 42.5 Å². The van der Waals surface area contributed by atoms with Crippen LogP contribution in [0.15, 0.2) is 12.1 Å². The van der Waals surface area contributed by atoms with E-state index in [4.69, 9.17) is 4.74 Å². The van der Waals surface area contributed by atoms with Crippen molar-refractivity contribution in [2.75, 3.05) is 13.2 Å². The maximum Gasteiger partial charge on any atom is 0.0495 e. The van der Waals surface area contributed by atoms with E-state index in [1.54, 1.807) is 32.7 Å². The summed E-state index contributed by atoms with van der Waals surface area (Å²) in [6.45, 7) is 59.1. The molecule has 6 heteroatoms. The largest absolute Gasteiger partial charge is 0.381 e. The maximum absolute atomic E-state index is 4.94. The average Bonchev–Trinajstić information content (AvgIpc) is 3.43. The molecule has 1 radical (unpaired) electrons. The van der Waals surface area contributed by atoms with Crippen molar-refractivity contribution in [3.05, 3.63) is 64.2 Å². The molecular weight excluding hydrogens is 799 g/mol. The van der Waals surface area contributed by atoms with E-state index in [-0.39, 0.29) is 53.1 Å². The van der Waals surface area contributed by atoms with Gasteiger partial charge in [-0.05, 0) is 51.1 Å². The van der Waals surface area contributed by atoms with Crippen LogP contribution >= 0.6 is 8.13 Å². The third kappa shape index (κ3) is 18.8. The van der Waals surface area contributed by atoms with Gasteiger partial charge in [0.2, 0.25) is 0 Å². The molecule has 0 bridgehead atoms. The van der Waals surface area contributed by atoms with E-state index in [2.05, 4.69) is 168 Å². The van der Waals surface area contributed by atoms with Gasteiger partial charge in [0.25, 0.3) is 0 Å². The second-order valence-electron chi connectivity index (χ2n) is 19.8. The van der Waals surface area contributed by atoms with Gasteiger partial charge >= 0.3 is 0 Å². The molecule has 1 aliphatic rings. The van der Waals surface area contributed by atoms with Gasteiger partial charge in [-0.3, -0.25) is 0 Å². The summed E-state index contributed by atoms with van der Waals surface area (Å²) in [5.41, 5.74) is 11.2. The molecule has 2 aromatic rings. The van der Waals surface area contributed by atoms with Crippen molar-refractivity contribution in [3.8, 4) is 0 Å². The number of hydrogen-bond donors (Lipinski definition) is 0. The van der Waals surface area contributed by atoms with E-state index in [1.807, 2.05) is 0 Å². The Morgan fingerprint density at radius 2 is 0.915 bits per heavy atom. The quantitative estimate of drug-likeness (QED) is 0.170. The van der Waals surface area contributed by atoms with E-state index < -0.39 is 23.9 Å². The number of ether oxygens (including phenoxy) is 1. The molecule has 1 saturated heterocycles. The van der Waals surface area contributed by atoms with Crippen molar-refractivity contribution in [3.63, 3.8) is 0 Å². The molecule has 3 rings (SSSR count). The third-order valence-electron chi connectivity index (χ3n) is 7.95. The van der Waals surface area contributed by atoms with Crippen molar-refractivity contribution in [1.29, 1.82) is 0 Å². The topological polar surface area (TPSA) is 9.23 Å². The zero-order chi connectivity index (χ0) is 36.9. The Bertz CT molecular complexity index is 1140. The Morgan fingerprint density at radius 3 is 1.13 bits per heavy atom. The van der Waals surface area contributed by atoms with Gasteiger partial charge in [0.05, 0.1) is 0 Å². The zero-order valence-corrected chi connectivity index (χ0v) is 40.7. The molecule has 0 aromatic heterocycles. The van der Waals surface area contributed by atoms with Gasteiger partial charge in [-0.2, -0.15) is 22.3 Å². The van der Waals surface area contributed by atoms with Crippen LogP contribution in [0.4, 0.5) is 0 Å². The van der Waals surface area contributed by atoms with Crippen LogP contribution in [0, 0.1) is 77.7 Å². The van der Waals surface area contributed by atoms with Gasteiger partial charge in [0, 0.05) is 57.8 Å². The molecule has 283 valence electrons. The Hall–Kier alpha value is 0.844. The second kappa shape index (κ2) is 19.1. The SMILES string of the molecule is C1CCOC1.Cc1c(C)c(C)[c-]([Si](C)(C)Pc2c(C(C)(C)C)cc(C(C)(C)C)cc2C(C)(C)C)c1C.[CH2-][Si](C)(C)C.[CH2-][Si](C)(C)C.[Lu]. The molecule has 2 aromatic carbocycles. The molecule has 47 heavy (non-hydrogen) atoms. The molecule has 0 N–H and O–H groups in total. The Balaban J connectivity index is 0. The van der Waals surface area contributed by atoms with Crippen LogP contribution in [0.2, 0.25) is 52.4 Å². The first-order valence-corrected chi connectivity index (χ1v) is 30.1. The Morgan fingerprint density at radius 1 is 0.617 bits per heavy atom. The van der Waals surface area contributed by atoms with Crippen LogP contribution in [0.3, 0.4) is 0 Å². The van der Waals surface area contributed by atoms with E-state index in [0.29, 0.717) is 0 Å². The third-order valence-corrected chi connectivity index (χ3v) is 14.7. The van der Waals surface area contributed by atoms with Crippen LogP contribution in [0.1, 0.15) is 114 Å².